The highest BCUT2D eigenvalue weighted by Gasteiger charge is 2.19. The highest BCUT2D eigenvalue weighted by Crippen LogP contribution is 2.41. The van der Waals surface area contributed by atoms with Crippen molar-refractivity contribution < 1.29 is 4.42 Å². The fourth-order valence-electron chi connectivity index (χ4n) is 9.67. The molecule has 0 N–H and O–H groups in total. The summed E-state index contributed by atoms with van der Waals surface area (Å²) in [5.41, 5.74) is 14.8. The third-order valence-corrected chi connectivity index (χ3v) is 12.2. The normalized spacial score (nSPS) is 12.1. The van der Waals surface area contributed by atoms with Crippen LogP contribution in [0, 0.1) is 0 Å². The lowest BCUT2D eigenvalue weighted by molar-refractivity contribution is 0.669. The zero-order chi connectivity index (χ0) is 37.9. The molecule has 0 spiro atoms. The van der Waals surface area contributed by atoms with Gasteiger partial charge >= 0.3 is 0 Å². The van der Waals surface area contributed by atoms with Gasteiger partial charge in [-0.05, 0) is 108 Å². The van der Waals surface area contributed by atoms with Gasteiger partial charge in [0.2, 0.25) is 0 Å². The average Bonchev–Trinajstić information content (AvgIpc) is 4.02. The van der Waals surface area contributed by atoms with E-state index < -0.39 is 0 Å². The predicted molar refractivity (Wildman–Crippen MR) is 242 cm³/mol. The lowest BCUT2D eigenvalue weighted by atomic mass is 10.0. The summed E-state index contributed by atoms with van der Waals surface area (Å²) < 4.78 is 13.4. The van der Waals surface area contributed by atoms with Gasteiger partial charge in [0, 0.05) is 60.2 Å². The van der Waals surface area contributed by atoms with Crippen molar-refractivity contribution in [1.29, 1.82) is 0 Å². The molecule has 0 amide bonds. The molecule has 0 bridgehead atoms. The van der Waals surface area contributed by atoms with Gasteiger partial charge in [-0.2, -0.15) is 0 Å². The van der Waals surface area contributed by atoms with Crippen LogP contribution in [-0.2, 0) is 0 Å². The maximum Gasteiger partial charge on any atom is 0.135 e. The number of nitrogens with zero attached hydrogens (tertiary/aromatic N) is 3. The van der Waals surface area contributed by atoms with Crippen LogP contribution in [0.25, 0.3) is 116 Å². The molecule has 0 aliphatic rings. The molecule has 13 aromatic rings. The van der Waals surface area contributed by atoms with E-state index in [1.807, 2.05) is 12.1 Å². The molecular weight excluding hydrogens is 707 g/mol. The van der Waals surface area contributed by atoms with E-state index in [4.69, 9.17) is 4.42 Å². The van der Waals surface area contributed by atoms with Crippen LogP contribution in [0.15, 0.2) is 205 Å². The van der Waals surface area contributed by atoms with Crippen LogP contribution in [0.5, 0.6) is 0 Å². The lowest BCUT2D eigenvalue weighted by Gasteiger charge is -2.11. The van der Waals surface area contributed by atoms with Crippen molar-refractivity contribution in [3.63, 3.8) is 0 Å². The zero-order valence-corrected chi connectivity index (χ0v) is 31.3. The van der Waals surface area contributed by atoms with Gasteiger partial charge in [-0.3, -0.25) is 0 Å². The van der Waals surface area contributed by atoms with Crippen LogP contribution < -0.4 is 0 Å². The molecule has 4 heterocycles. The second-order valence-electron chi connectivity index (χ2n) is 15.3. The minimum absolute atomic E-state index is 0.904. The summed E-state index contributed by atoms with van der Waals surface area (Å²) >= 11 is 0. The summed E-state index contributed by atoms with van der Waals surface area (Å²) in [5.74, 6) is 0. The summed E-state index contributed by atoms with van der Waals surface area (Å²) in [6.45, 7) is 0. The Morgan fingerprint density at radius 1 is 0.241 bits per heavy atom. The van der Waals surface area contributed by atoms with Crippen molar-refractivity contribution in [3.05, 3.63) is 200 Å². The molecule has 0 saturated carbocycles. The monoisotopic (exact) mass is 739 g/mol. The lowest BCUT2D eigenvalue weighted by Crippen LogP contribution is -1.95. The van der Waals surface area contributed by atoms with Gasteiger partial charge in [0.05, 0.1) is 33.1 Å². The Hall–Kier alpha value is -7.82. The maximum atomic E-state index is 6.19. The molecule has 4 aromatic heterocycles. The Morgan fingerprint density at radius 2 is 0.638 bits per heavy atom. The summed E-state index contributed by atoms with van der Waals surface area (Å²) in [7, 11) is 0. The predicted octanol–water partition coefficient (Wildman–Crippen LogP) is 14.5. The highest BCUT2D eigenvalue weighted by molar-refractivity contribution is 6.14. The number of aromatic nitrogens is 3. The summed E-state index contributed by atoms with van der Waals surface area (Å²) in [6, 6.07) is 72.6. The molecule has 0 aliphatic carbocycles. The first-order valence-corrected chi connectivity index (χ1v) is 19.8. The first-order chi connectivity index (χ1) is 28.8. The molecular formula is C54H33N3O. The number of hydrogen-bond acceptors (Lipinski definition) is 1. The zero-order valence-electron chi connectivity index (χ0n) is 31.3. The third-order valence-electron chi connectivity index (χ3n) is 12.2. The van der Waals surface area contributed by atoms with Gasteiger partial charge in [-0.15, -0.1) is 0 Å². The standard InChI is InChI=1S/C54H33N3O/c1-2-12-36(13-3-1)55-47-18-8-6-16-41(47)45-32-37(24-28-52(45)55)56-48-19-9-4-14-39(48)43-30-34(22-26-50(43)56)35-23-27-51-44(31-35)40-15-5-10-20-49(40)57(51)38-25-29-54-46(33-38)42-17-7-11-21-53(42)58-54/h1-33H. The van der Waals surface area contributed by atoms with Crippen molar-refractivity contribution in [2.45, 2.75) is 0 Å². The Kier molecular flexibility index (Phi) is 6.41. The van der Waals surface area contributed by atoms with Gasteiger partial charge in [0.1, 0.15) is 11.2 Å². The number of benzene rings is 9. The molecule has 58 heavy (non-hydrogen) atoms. The molecule has 270 valence electrons. The van der Waals surface area contributed by atoms with Gasteiger partial charge in [-0.1, -0.05) is 103 Å². The molecule has 0 radical (unpaired) electrons. The molecule has 0 saturated heterocycles. The van der Waals surface area contributed by atoms with E-state index in [0.29, 0.717) is 0 Å². The number of rotatable bonds is 4. The molecule has 4 heteroatoms. The Morgan fingerprint density at radius 3 is 1.22 bits per heavy atom. The summed E-state index contributed by atoms with van der Waals surface area (Å²) in [4.78, 5) is 0. The van der Waals surface area contributed by atoms with Crippen LogP contribution >= 0.6 is 0 Å². The topological polar surface area (TPSA) is 27.9 Å². The fourth-order valence-corrected chi connectivity index (χ4v) is 9.67. The number of hydrogen-bond donors (Lipinski definition) is 0. The van der Waals surface area contributed by atoms with E-state index in [9.17, 15) is 0 Å². The fraction of sp³-hybridized carbons (Fsp3) is 0. The van der Waals surface area contributed by atoms with Crippen molar-refractivity contribution >= 4 is 87.4 Å². The second kappa shape index (κ2) is 11.8. The second-order valence-corrected chi connectivity index (χ2v) is 15.3. The molecule has 0 aliphatic heterocycles. The number of furan rings is 1. The number of fused-ring (bicyclic) bond motifs is 12. The number of para-hydroxylation sites is 5. The molecule has 9 aromatic carbocycles. The van der Waals surface area contributed by atoms with E-state index in [2.05, 4.69) is 202 Å². The molecule has 13 rings (SSSR count). The van der Waals surface area contributed by atoms with E-state index in [0.717, 1.165) is 39.0 Å². The minimum atomic E-state index is 0.904. The van der Waals surface area contributed by atoms with Crippen LogP contribution in [-0.4, -0.2) is 13.7 Å². The van der Waals surface area contributed by atoms with Crippen molar-refractivity contribution in [2.24, 2.45) is 0 Å². The Bertz CT molecular complexity index is 3800. The Balaban J connectivity index is 0.973. The van der Waals surface area contributed by atoms with Gasteiger partial charge < -0.3 is 18.1 Å². The summed E-state index contributed by atoms with van der Waals surface area (Å²) in [5, 5.41) is 9.70. The van der Waals surface area contributed by atoms with Gasteiger partial charge in [0.15, 0.2) is 0 Å². The maximum absolute atomic E-state index is 6.19. The summed E-state index contributed by atoms with van der Waals surface area (Å²) in [6.07, 6.45) is 0. The average molecular weight is 740 g/mol. The first kappa shape index (κ1) is 31.4. The van der Waals surface area contributed by atoms with Crippen LogP contribution in [0.3, 0.4) is 0 Å². The van der Waals surface area contributed by atoms with Crippen LogP contribution in [0.4, 0.5) is 0 Å². The highest BCUT2D eigenvalue weighted by atomic mass is 16.3. The molecule has 0 unspecified atom stereocenters. The van der Waals surface area contributed by atoms with Crippen molar-refractivity contribution in [3.8, 4) is 28.2 Å². The quantitative estimate of drug-likeness (QED) is 0.177. The van der Waals surface area contributed by atoms with Gasteiger partial charge in [-0.25, -0.2) is 0 Å². The molecule has 4 nitrogen and oxygen atoms in total. The Labute approximate surface area is 332 Å². The van der Waals surface area contributed by atoms with E-state index in [1.165, 1.54) is 76.5 Å². The SMILES string of the molecule is c1ccc(-n2c3ccccc3c3cc(-n4c5ccccc5c5cc(-c6ccc7c(c6)c6ccccc6n7-c6ccc7oc8ccccc8c7c6)ccc54)ccc32)cc1. The van der Waals surface area contributed by atoms with Gasteiger partial charge in [0.25, 0.3) is 0 Å². The first-order valence-electron chi connectivity index (χ1n) is 19.8. The minimum Gasteiger partial charge on any atom is -0.456 e. The third kappa shape index (κ3) is 4.40. The van der Waals surface area contributed by atoms with E-state index in [1.54, 1.807) is 0 Å². The van der Waals surface area contributed by atoms with Crippen molar-refractivity contribution in [2.75, 3.05) is 0 Å². The van der Waals surface area contributed by atoms with Crippen molar-refractivity contribution in [1.82, 2.24) is 13.7 Å². The molecule has 0 fully saturated rings. The van der Waals surface area contributed by atoms with Crippen LogP contribution in [0.2, 0.25) is 0 Å². The smallest absolute Gasteiger partial charge is 0.135 e. The largest absolute Gasteiger partial charge is 0.456 e. The molecule has 0 atom stereocenters. The van der Waals surface area contributed by atoms with Crippen LogP contribution in [0.1, 0.15) is 0 Å². The van der Waals surface area contributed by atoms with E-state index in [-0.39, 0.29) is 0 Å². The van der Waals surface area contributed by atoms with E-state index >= 15 is 0 Å².